The van der Waals surface area contributed by atoms with Crippen LogP contribution in [-0.2, 0) is 16.6 Å². The quantitative estimate of drug-likeness (QED) is 0.590. The normalized spacial score (nSPS) is 16.6. The second-order valence-corrected chi connectivity index (χ2v) is 9.58. The molecule has 2 heterocycles. The van der Waals surface area contributed by atoms with Crippen molar-refractivity contribution in [3.63, 3.8) is 0 Å². The Balaban J connectivity index is 1.46. The summed E-state index contributed by atoms with van der Waals surface area (Å²) in [6.45, 7) is 5.35. The topological polar surface area (TPSA) is 65.2 Å². The number of sulfonamides is 1. The lowest BCUT2D eigenvalue weighted by Crippen LogP contribution is -2.32. The summed E-state index contributed by atoms with van der Waals surface area (Å²) in [5.41, 5.74) is 4.70. The van der Waals surface area contributed by atoms with E-state index in [9.17, 15) is 8.42 Å². The Morgan fingerprint density at radius 3 is 2.63 bits per heavy atom. The Kier molecular flexibility index (Phi) is 6.37. The molecule has 5 nitrogen and oxygen atoms in total. The third-order valence-corrected chi connectivity index (χ3v) is 6.98. The van der Waals surface area contributed by atoms with Crippen LogP contribution in [0.5, 0.6) is 0 Å². The molecule has 0 aliphatic carbocycles. The minimum Gasteiger partial charge on any atom is -0.361 e. The maximum absolute atomic E-state index is 11.9. The number of nitrogens with one attached hydrogen (secondary N) is 2. The van der Waals surface area contributed by atoms with E-state index in [4.69, 9.17) is 0 Å². The molecular formula is C24H29N3O2S. The number of benzene rings is 2. The fourth-order valence-electron chi connectivity index (χ4n) is 4.26. The van der Waals surface area contributed by atoms with Crippen LogP contribution in [0.1, 0.15) is 42.4 Å². The van der Waals surface area contributed by atoms with E-state index < -0.39 is 10.0 Å². The van der Waals surface area contributed by atoms with Crippen LogP contribution < -0.4 is 4.72 Å². The Hall–Kier alpha value is -2.41. The first-order valence-electron chi connectivity index (χ1n) is 10.6. The number of likely N-dealkylation sites (tertiary alicyclic amines) is 1. The summed E-state index contributed by atoms with van der Waals surface area (Å²) in [5.74, 6) is 0.524. The van der Waals surface area contributed by atoms with Gasteiger partial charge in [0, 0.05) is 35.6 Å². The van der Waals surface area contributed by atoms with Crippen molar-refractivity contribution in [2.45, 2.75) is 32.2 Å². The summed E-state index contributed by atoms with van der Waals surface area (Å²) >= 11 is 0. The summed E-state index contributed by atoms with van der Waals surface area (Å²) in [6, 6.07) is 16.7. The first kappa shape index (κ1) is 20.8. The fraction of sp³-hybridized carbons (Fsp3) is 0.333. The predicted molar refractivity (Wildman–Crippen MR) is 124 cm³/mol. The minimum absolute atomic E-state index is 0.386. The Morgan fingerprint density at radius 1 is 1.13 bits per heavy atom. The summed E-state index contributed by atoms with van der Waals surface area (Å²) in [4.78, 5) is 5.92. The highest BCUT2D eigenvalue weighted by Gasteiger charge is 2.23. The number of aromatic amines is 1. The lowest BCUT2D eigenvalue weighted by molar-refractivity contribution is 0.205. The first-order chi connectivity index (χ1) is 14.5. The molecule has 2 aromatic carbocycles. The molecule has 1 aliphatic heterocycles. The van der Waals surface area contributed by atoms with E-state index in [1.807, 2.05) is 12.1 Å². The number of aromatic nitrogens is 1. The lowest BCUT2D eigenvalue weighted by atomic mass is 9.88. The molecule has 0 saturated carbocycles. The van der Waals surface area contributed by atoms with Crippen LogP contribution in [0.4, 0.5) is 0 Å². The molecule has 1 aliphatic rings. The third-order valence-electron chi connectivity index (χ3n) is 5.80. The minimum atomic E-state index is -3.38. The molecule has 3 aromatic rings. The van der Waals surface area contributed by atoms with Gasteiger partial charge in [-0.05, 0) is 66.7 Å². The van der Waals surface area contributed by atoms with E-state index in [1.165, 1.54) is 21.9 Å². The van der Waals surface area contributed by atoms with Gasteiger partial charge in [-0.2, -0.15) is 0 Å². The van der Waals surface area contributed by atoms with Gasteiger partial charge in [0.15, 0.2) is 0 Å². The van der Waals surface area contributed by atoms with E-state index >= 15 is 0 Å². The van der Waals surface area contributed by atoms with E-state index in [0.717, 1.165) is 43.6 Å². The van der Waals surface area contributed by atoms with Crippen LogP contribution >= 0.6 is 0 Å². The summed E-state index contributed by atoms with van der Waals surface area (Å²) in [6.07, 6.45) is 6.06. The van der Waals surface area contributed by atoms with Crippen LogP contribution in [0.3, 0.4) is 0 Å². The molecule has 0 atom stereocenters. The van der Waals surface area contributed by atoms with Crippen molar-refractivity contribution in [1.29, 1.82) is 0 Å². The average Bonchev–Trinajstić information content (AvgIpc) is 3.17. The van der Waals surface area contributed by atoms with E-state index in [0.29, 0.717) is 12.5 Å². The molecule has 158 valence electrons. The van der Waals surface area contributed by atoms with E-state index in [1.54, 1.807) is 13.0 Å². The maximum Gasteiger partial charge on any atom is 0.233 e. The van der Waals surface area contributed by atoms with Crippen molar-refractivity contribution < 1.29 is 8.42 Å². The van der Waals surface area contributed by atoms with Gasteiger partial charge in [0.2, 0.25) is 10.0 Å². The molecule has 1 aromatic heterocycles. The predicted octanol–water partition coefficient (Wildman–Crippen LogP) is 4.46. The molecular weight excluding hydrogens is 394 g/mol. The SMILES string of the molecule is CCNS(=O)(=O)C=Cc1ccc2[nH]cc(C3CCN(Cc4ccccc4)CC3)c2c1. The van der Waals surface area contributed by atoms with Crippen LogP contribution in [0.15, 0.2) is 60.1 Å². The van der Waals surface area contributed by atoms with Crippen molar-refractivity contribution in [3.8, 4) is 0 Å². The second-order valence-electron chi connectivity index (χ2n) is 7.93. The van der Waals surface area contributed by atoms with Crippen LogP contribution in [-0.4, -0.2) is 37.9 Å². The van der Waals surface area contributed by atoms with E-state index in [2.05, 4.69) is 57.2 Å². The number of nitrogens with zero attached hydrogens (tertiary/aromatic N) is 1. The largest absolute Gasteiger partial charge is 0.361 e. The van der Waals surface area contributed by atoms with Gasteiger partial charge in [-0.25, -0.2) is 13.1 Å². The summed E-state index contributed by atoms with van der Waals surface area (Å²) in [7, 11) is -3.38. The average molecular weight is 424 g/mol. The molecule has 6 heteroatoms. The highest BCUT2D eigenvalue weighted by molar-refractivity contribution is 7.92. The van der Waals surface area contributed by atoms with Gasteiger partial charge in [-0.3, -0.25) is 4.90 Å². The van der Waals surface area contributed by atoms with Crippen molar-refractivity contribution in [2.24, 2.45) is 0 Å². The highest BCUT2D eigenvalue weighted by Crippen LogP contribution is 2.34. The van der Waals surface area contributed by atoms with Gasteiger partial charge in [0.1, 0.15) is 0 Å². The zero-order valence-electron chi connectivity index (χ0n) is 17.3. The smallest absolute Gasteiger partial charge is 0.233 e. The first-order valence-corrected chi connectivity index (χ1v) is 12.1. The van der Waals surface area contributed by atoms with Gasteiger partial charge >= 0.3 is 0 Å². The molecule has 2 N–H and O–H groups in total. The molecule has 0 bridgehead atoms. The standard InChI is InChI=1S/C24H29N3O2S/c1-2-26-30(28,29)15-12-19-8-9-24-22(16-19)23(17-25-24)21-10-13-27(14-11-21)18-20-6-4-3-5-7-20/h3-9,12,15-17,21,25-26H,2,10-11,13-14,18H2,1H3. The number of hydrogen-bond acceptors (Lipinski definition) is 3. The van der Waals surface area contributed by atoms with Crippen molar-refractivity contribution in [1.82, 2.24) is 14.6 Å². The van der Waals surface area contributed by atoms with Crippen molar-refractivity contribution in [2.75, 3.05) is 19.6 Å². The van der Waals surface area contributed by atoms with Gasteiger partial charge in [-0.15, -0.1) is 0 Å². The summed E-state index contributed by atoms with van der Waals surface area (Å²) in [5, 5.41) is 2.44. The second kappa shape index (κ2) is 9.16. The molecule has 4 rings (SSSR count). The molecule has 0 spiro atoms. The Morgan fingerprint density at radius 2 is 1.90 bits per heavy atom. The van der Waals surface area contributed by atoms with Crippen molar-refractivity contribution in [3.05, 3.63) is 76.8 Å². The lowest BCUT2D eigenvalue weighted by Gasteiger charge is -2.32. The maximum atomic E-state index is 11.9. The molecule has 30 heavy (non-hydrogen) atoms. The van der Waals surface area contributed by atoms with Crippen LogP contribution in [0, 0.1) is 0 Å². The van der Waals surface area contributed by atoms with Gasteiger partial charge in [-0.1, -0.05) is 43.3 Å². The monoisotopic (exact) mass is 423 g/mol. The van der Waals surface area contributed by atoms with Crippen LogP contribution in [0.25, 0.3) is 17.0 Å². The van der Waals surface area contributed by atoms with Gasteiger partial charge in [0.05, 0.1) is 0 Å². The number of rotatable bonds is 7. The molecule has 1 fully saturated rings. The van der Waals surface area contributed by atoms with Gasteiger partial charge in [0.25, 0.3) is 0 Å². The number of fused-ring (bicyclic) bond motifs is 1. The number of hydrogen-bond donors (Lipinski definition) is 2. The molecule has 1 saturated heterocycles. The molecule has 0 radical (unpaired) electrons. The Bertz CT molecular complexity index is 1110. The molecule has 0 amide bonds. The Labute approximate surface area is 178 Å². The molecule has 0 unspecified atom stereocenters. The van der Waals surface area contributed by atoms with Gasteiger partial charge < -0.3 is 4.98 Å². The highest BCUT2D eigenvalue weighted by atomic mass is 32.2. The third kappa shape index (κ3) is 5.01. The summed E-state index contributed by atoms with van der Waals surface area (Å²) < 4.78 is 26.3. The fourth-order valence-corrected chi connectivity index (χ4v) is 5.10. The van der Waals surface area contributed by atoms with Crippen molar-refractivity contribution >= 4 is 27.0 Å². The zero-order valence-corrected chi connectivity index (χ0v) is 18.2. The van der Waals surface area contributed by atoms with Crippen LogP contribution in [0.2, 0.25) is 0 Å². The van der Waals surface area contributed by atoms with E-state index in [-0.39, 0.29) is 0 Å². The number of piperidine rings is 1. The zero-order chi connectivity index (χ0) is 21.0. The number of H-pyrrole nitrogens is 1.